The molecule has 82 valence electrons. The van der Waals surface area contributed by atoms with Gasteiger partial charge in [0.15, 0.2) is 0 Å². The van der Waals surface area contributed by atoms with Crippen molar-refractivity contribution in [2.45, 2.75) is 19.8 Å². The van der Waals surface area contributed by atoms with Gasteiger partial charge in [0.2, 0.25) is 0 Å². The van der Waals surface area contributed by atoms with Crippen LogP contribution < -0.4 is 10.2 Å². The predicted octanol–water partition coefficient (Wildman–Crippen LogP) is 2.03. The van der Waals surface area contributed by atoms with Gasteiger partial charge in [0.05, 0.1) is 11.9 Å². The molecule has 0 saturated heterocycles. The van der Waals surface area contributed by atoms with Crippen LogP contribution in [0.3, 0.4) is 0 Å². The van der Waals surface area contributed by atoms with Crippen molar-refractivity contribution in [3.05, 3.63) is 24.5 Å². The minimum Gasteiger partial charge on any atom is -0.338 e. The van der Waals surface area contributed by atoms with E-state index in [-0.39, 0.29) is 6.03 Å². The summed E-state index contributed by atoms with van der Waals surface area (Å²) in [6, 6.07) is 3.58. The fourth-order valence-electron chi connectivity index (χ4n) is 1.16. The van der Waals surface area contributed by atoms with Gasteiger partial charge < -0.3 is 5.32 Å². The summed E-state index contributed by atoms with van der Waals surface area (Å²) in [6.07, 6.45) is 5.44. The summed E-state index contributed by atoms with van der Waals surface area (Å²) < 4.78 is 0. The second kappa shape index (κ2) is 6.01. The van der Waals surface area contributed by atoms with Gasteiger partial charge >= 0.3 is 6.03 Å². The first-order valence-electron chi connectivity index (χ1n) is 5.17. The SMILES string of the molecule is CCCCNC(=O)N(C)c1cccnc1. The Kier molecular flexibility index (Phi) is 4.60. The quantitative estimate of drug-likeness (QED) is 0.768. The summed E-state index contributed by atoms with van der Waals surface area (Å²) in [5.41, 5.74) is 0.798. The molecule has 1 N–H and O–H groups in total. The van der Waals surface area contributed by atoms with Gasteiger partial charge in [-0.05, 0) is 18.6 Å². The number of anilines is 1. The number of unbranched alkanes of at least 4 members (excludes halogenated alkanes) is 1. The van der Waals surface area contributed by atoms with Crippen molar-refractivity contribution in [3.63, 3.8) is 0 Å². The zero-order valence-corrected chi connectivity index (χ0v) is 9.23. The number of carbonyl (C=O) groups is 1. The number of pyridine rings is 1. The average molecular weight is 207 g/mol. The van der Waals surface area contributed by atoms with Crippen molar-refractivity contribution in [3.8, 4) is 0 Å². The first-order valence-corrected chi connectivity index (χ1v) is 5.17. The minimum absolute atomic E-state index is 0.0866. The fraction of sp³-hybridized carbons (Fsp3) is 0.455. The summed E-state index contributed by atoms with van der Waals surface area (Å²) >= 11 is 0. The van der Waals surface area contributed by atoms with Crippen molar-refractivity contribution in [1.82, 2.24) is 10.3 Å². The molecule has 0 spiro atoms. The van der Waals surface area contributed by atoms with E-state index >= 15 is 0 Å². The third kappa shape index (κ3) is 3.58. The van der Waals surface area contributed by atoms with E-state index in [1.807, 2.05) is 12.1 Å². The molecule has 4 heteroatoms. The highest BCUT2D eigenvalue weighted by molar-refractivity contribution is 5.91. The second-order valence-corrected chi connectivity index (χ2v) is 3.36. The lowest BCUT2D eigenvalue weighted by Gasteiger charge is -2.17. The van der Waals surface area contributed by atoms with E-state index in [4.69, 9.17) is 0 Å². The fourth-order valence-corrected chi connectivity index (χ4v) is 1.16. The molecule has 0 atom stereocenters. The van der Waals surface area contributed by atoms with E-state index in [1.165, 1.54) is 0 Å². The van der Waals surface area contributed by atoms with Gasteiger partial charge in [-0.1, -0.05) is 13.3 Å². The Morgan fingerprint density at radius 2 is 2.40 bits per heavy atom. The van der Waals surface area contributed by atoms with Crippen LogP contribution in [0.5, 0.6) is 0 Å². The Bertz CT molecular complexity index is 300. The van der Waals surface area contributed by atoms with Crippen LogP contribution in [0, 0.1) is 0 Å². The van der Waals surface area contributed by atoms with Gasteiger partial charge in [-0.25, -0.2) is 4.79 Å². The maximum atomic E-state index is 11.6. The summed E-state index contributed by atoms with van der Waals surface area (Å²) in [4.78, 5) is 17.1. The van der Waals surface area contributed by atoms with Gasteiger partial charge in [0, 0.05) is 19.8 Å². The van der Waals surface area contributed by atoms with Crippen LogP contribution in [0.15, 0.2) is 24.5 Å². The lowest BCUT2D eigenvalue weighted by molar-refractivity contribution is 0.247. The molecule has 0 fully saturated rings. The summed E-state index contributed by atoms with van der Waals surface area (Å²) in [7, 11) is 1.73. The van der Waals surface area contributed by atoms with E-state index in [0.29, 0.717) is 0 Å². The molecule has 0 radical (unpaired) electrons. The zero-order chi connectivity index (χ0) is 11.1. The molecule has 1 aromatic heterocycles. The van der Waals surface area contributed by atoms with E-state index in [0.717, 1.165) is 25.1 Å². The maximum absolute atomic E-state index is 11.6. The number of carbonyl (C=O) groups excluding carboxylic acids is 1. The average Bonchev–Trinajstić information content (AvgIpc) is 2.29. The largest absolute Gasteiger partial charge is 0.338 e. The highest BCUT2D eigenvalue weighted by atomic mass is 16.2. The number of nitrogens with one attached hydrogen (secondary N) is 1. The molecule has 0 aliphatic carbocycles. The Hall–Kier alpha value is -1.58. The van der Waals surface area contributed by atoms with Crippen molar-refractivity contribution in [2.75, 3.05) is 18.5 Å². The second-order valence-electron chi connectivity index (χ2n) is 3.36. The molecule has 1 rings (SSSR count). The van der Waals surface area contributed by atoms with Crippen LogP contribution in [0.1, 0.15) is 19.8 Å². The number of rotatable bonds is 4. The molecule has 1 heterocycles. The van der Waals surface area contributed by atoms with Gasteiger partial charge in [0.1, 0.15) is 0 Å². The van der Waals surface area contributed by atoms with Crippen molar-refractivity contribution in [2.24, 2.45) is 0 Å². The Labute approximate surface area is 90.3 Å². The molecule has 2 amide bonds. The van der Waals surface area contributed by atoms with Crippen LogP contribution in [-0.4, -0.2) is 24.6 Å². The Balaban J connectivity index is 2.46. The molecule has 4 nitrogen and oxygen atoms in total. The standard InChI is InChI=1S/C11H17N3O/c1-3-4-8-13-11(15)14(2)10-6-5-7-12-9-10/h5-7,9H,3-4,8H2,1-2H3,(H,13,15). The molecular formula is C11H17N3O. The topological polar surface area (TPSA) is 45.2 Å². The summed E-state index contributed by atoms with van der Waals surface area (Å²) in [5, 5.41) is 2.84. The summed E-state index contributed by atoms with van der Waals surface area (Å²) in [6.45, 7) is 2.82. The number of hydrogen-bond donors (Lipinski definition) is 1. The predicted molar refractivity (Wildman–Crippen MR) is 60.9 cm³/mol. The molecule has 15 heavy (non-hydrogen) atoms. The van der Waals surface area contributed by atoms with Crippen LogP contribution >= 0.6 is 0 Å². The number of aromatic nitrogens is 1. The van der Waals surface area contributed by atoms with Crippen LogP contribution in [0.25, 0.3) is 0 Å². The minimum atomic E-state index is -0.0866. The Morgan fingerprint density at radius 1 is 1.60 bits per heavy atom. The lowest BCUT2D eigenvalue weighted by atomic mass is 10.3. The first kappa shape index (κ1) is 11.5. The van der Waals surface area contributed by atoms with E-state index in [2.05, 4.69) is 17.2 Å². The number of nitrogens with zero attached hydrogens (tertiary/aromatic N) is 2. The monoisotopic (exact) mass is 207 g/mol. The summed E-state index contributed by atoms with van der Waals surface area (Å²) in [5.74, 6) is 0. The first-order chi connectivity index (χ1) is 7.25. The van der Waals surface area contributed by atoms with Gasteiger partial charge in [-0.15, -0.1) is 0 Å². The number of amides is 2. The van der Waals surface area contributed by atoms with Gasteiger partial charge in [-0.3, -0.25) is 9.88 Å². The number of urea groups is 1. The molecule has 0 unspecified atom stereocenters. The van der Waals surface area contributed by atoms with E-state index < -0.39 is 0 Å². The molecular weight excluding hydrogens is 190 g/mol. The van der Waals surface area contributed by atoms with Gasteiger partial charge in [0.25, 0.3) is 0 Å². The molecule has 0 bridgehead atoms. The van der Waals surface area contributed by atoms with Crippen molar-refractivity contribution < 1.29 is 4.79 Å². The maximum Gasteiger partial charge on any atom is 0.321 e. The van der Waals surface area contributed by atoms with Crippen LogP contribution in [-0.2, 0) is 0 Å². The van der Waals surface area contributed by atoms with Crippen molar-refractivity contribution >= 4 is 11.7 Å². The Morgan fingerprint density at radius 3 is 3.00 bits per heavy atom. The normalized spacial score (nSPS) is 9.73. The molecule has 0 aliphatic rings. The van der Waals surface area contributed by atoms with Crippen LogP contribution in [0.4, 0.5) is 10.5 Å². The van der Waals surface area contributed by atoms with Crippen LogP contribution in [0.2, 0.25) is 0 Å². The zero-order valence-electron chi connectivity index (χ0n) is 9.23. The third-order valence-electron chi connectivity index (χ3n) is 2.14. The highest BCUT2D eigenvalue weighted by Gasteiger charge is 2.08. The number of hydrogen-bond acceptors (Lipinski definition) is 2. The van der Waals surface area contributed by atoms with E-state index in [9.17, 15) is 4.79 Å². The van der Waals surface area contributed by atoms with E-state index in [1.54, 1.807) is 24.3 Å². The molecule has 0 saturated carbocycles. The molecule has 0 aromatic carbocycles. The molecule has 0 aliphatic heterocycles. The smallest absolute Gasteiger partial charge is 0.321 e. The van der Waals surface area contributed by atoms with Gasteiger partial charge in [-0.2, -0.15) is 0 Å². The lowest BCUT2D eigenvalue weighted by Crippen LogP contribution is -2.37. The third-order valence-corrected chi connectivity index (χ3v) is 2.14. The van der Waals surface area contributed by atoms with Crippen molar-refractivity contribution in [1.29, 1.82) is 0 Å². The highest BCUT2D eigenvalue weighted by Crippen LogP contribution is 2.08. The molecule has 1 aromatic rings.